The molecule has 16 heavy (non-hydrogen) atoms. The van der Waals surface area contributed by atoms with Gasteiger partial charge in [-0.25, -0.2) is 0 Å². The van der Waals surface area contributed by atoms with Gasteiger partial charge in [0.25, 0.3) is 0 Å². The van der Waals surface area contributed by atoms with Crippen LogP contribution in [0.5, 0.6) is 5.75 Å². The van der Waals surface area contributed by atoms with Gasteiger partial charge in [-0.15, -0.1) is 0 Å². The van der Waals surface area contributed by atoms with E-state index in [0.717, 1.165) is 5.75 Å². The van der Waals surface area contributed by atoms with Gasteiger partial charge in [-0.1, -0.05) is 0 Å². The lowest BCUT2D eigenvalue weighted by atomic mass is 10.1. The third-order valence-corrected chi connectivity index (χ3v) is 3.13. The monoisotopic (exact) mass is 218 g/mol. The Morgan fingerprint density at radius 2 is 2.12 bits per heavy atom. The van der Waals surface area contributed by atoms with Crippen molar-refractivity contribution in [3.63, 3.8) is 0 Å². The predicted octanol–water partition coefficient (Wildman–Crippen LogP) is 2.47. The number of benzene rings is 1. The van der Waals surface area contributed by atoms with Gasteiger partial charge in [0.2, 0.25) is 0 Å². The van der Waals surface area contributed by atoms with Crippen molar-refractivity contribution < 1.29 is 4.74 Å². The maximum absolute atomic E-state index is 5.24. The summed E-state index contributed by atoms with van der Waals surface area (Å²) in [6.07, 6.45) is 2.17. The molecule has 2 rings (SSSR count). The third-order valence-electron chi connectivity index (χ3n) is 3.13. The quantitative estimate of drug-likeness (QED) is 0.856. The van der Waals surface area contributed by atoms with Gasteiger partial charge < -0.3 is 14.6 Å². The first kappa shape index (κ1) is 11.0. The van der Waals surface area contributed by atoms with Crippen LogP contribution in [0.2, 0.25) is 0 Å². The second kappa shape index (κ2) is 4.18. The van der Waals surface area contributed by atoms with Crippen LogP contribution in [-0.4, -0.2) is 18.7 Å². The summed E-state index contributed by atoms with van der Waals surface area (Å²) >= 11 is 0. The Bertz CT molecular complexity index is 502. The van der Waals surface area contributed by atoms with E-state index in [-0.39, 0.29) is 0 Å². The number of rotatable bonds is 3. The number of nitrogens with one attached hydrogen (secondary N) is 1. The van der Waals surface area contributed by atoms with Crippen LogP contribution in [0.25, 0.3) is 10.9 Å². The number of aromatic nitrogens is 1. The van der Waals surface area contributed by atoms with Gasteiger partial charge >= 0.3 is 0 Å². The summed E-state index contributed by atoms with van der Waals surface area (Å²) in [6, 6.07) is 6.56. The number of fused-ring (bicyclic) bond motifs is 1. The molecule has 1 N–H and O–H groups in total. The Kier molecular flexibility index (Phi) is 2.88. The first-order valence-electron chi connectivity index (χ1n) is 5.47. The molecule has 0 spiro atoms. The van der Waals surface area contributed by atoms with Crippen molar-refractivity contribution in [1.29, 1.82) is 0 Å². The van der Waals surface area contributed by atoms with Gasteiger partial charge in [0.1, 0.15) is 5.75 Å². The van der Waals surface area contributed by atoms with Crippen molar-refractivity contribution in [3.8, 4) is 5.75 Å². The standard InChI is InChI=1S/C13H18N2O/c1-9(14-2)12-8-15(3)13-7-10(16-4)5-6-11(12)13/h5-9,14H,1-4H3. The zero-order valence-electron chi connectivity index (χ0n) is 10.2. The van der Waals surface area contributed by atoms with E-state index in [2.05, 4.69) is 42.2 Å². The average Bonchev–Trinajstić information content (AvgIpc) is 2.65. The van der Waals surface area contributed by atoms with Gasteiger partial charge in [0, 0.05) is 30.7 Å². The maximum Gasteiger partial charge on any atom is 0.120 e. The molecule has 1 aromatic heterocycles. The van der Waals surface area contributed by atoms with Crippen molar-refractivity contribution >= 4 is 10.9 Å². The lowest BCUT2D eigenvalue weighted by Gasteiger charge is -2.08. The second-order valence-electron chi connectivity index (χ2n) is 4.09. The van der Waals surface area contributed by atoms with Crippen LogP contribution < -0.4 is 10.1 Å². The van der Waals surface area contributed by atoms with Gasteiger partial charge in [0.15, 0.2) is 0 Å². The zero-order valence-corrected chi connectivity index (χ0v) is 10.2. The molecule has 1 atom stereocenters. The van der Waals surface area contributed by atoms with Crippen LogP contribution in [0, 0.1) is 0 Å². The Morgan fingerprint density at radius 3 is 2.75 bits per heavy atom. The van der Waals surface area contributed by atoms with E-state index in [1.807, 2.05) is 13.1 Å². The summed E-state index contributed by atoms with van der Waals surface area (Å²) in [5.41, 5.74) is 2.53. The summed E-state index contributed by atoms with van der Waals surface area (Å²) in [6.45, 7) is 2.17. The predicted molar refractivity (Wildman–Crippen MR) is 66.9 cm³/mol. The van der Waals surface area contributed by atoms with Crippen LogP contribution in [0.1, 0.15) is 18.5 Å². The summed E-state index contributed by atoms with van der Waals surface area (Å²) in [4.78, 5) is 0. The van der Waals surface area contributed by atoms with Gasteiger partial charge in [0.05, 0.1) is 12.6 Å². The first-order valence-corrected chi connectivity index (χ1v) is 5.47. The minimum Gasteiger partial charge on any atom is -0.497 e. The Balaban J connectivity index is 2.62. The molecule has 0 saturated heterocycles. The van der Waals surface area contributed by atoms with E-state index in [1.54, 1.807) is 7.11 Å². The minimum atomic E-state index is 0.358. The molecule has 1 heterocycles. The normalized spacial score (nSPS) is 13.0. The van der Waals surface area contributed by atoms with Crippen LogP contribution in [-0.2, 0) is 7.05 Å². The van der Waals surface area contributed by atoms with Crippen molar-refractivity contribution in [2.75, 3.05) is 14.2 Å². The van der Waals surface area contributed by atoms with E-state index < -0.39 is 0 Å². The highest BCUT2D eigenvalue weighted by Gasteiger charge is 2.11. The Morgan fingerprint density at radius 1 is 1.38 bits per heavy atom. The molecule has 0 aliphatic carbocycles. The van der Waals surface area contributed by atoms with E-state index in [9.17, 15) is 0 Å². The van der Waals surface area contributed by atoms with Crippen LogP contribution in [0.3, 0.4) is 0 Å². The number of hydrogen-bond donors (Lipinski definition) is 1. The molecule has 0 radical (unpaired) electrons. The van der Waals surface area contributed by atoms with Gasteiger partial charge in [-0.05, 0) is 31.7 Å². The van der Waals surface area contributed by atoms with E-state index in [4.69, 9.17) is 4.74 Å². The number of ether oxygens (including phenoxy) is 1. The smallest absolute Gasteiger partial charge is 0.120 e. The topological polar surface area (TPSA) is 26.2 Å². The number of aryl methyl sites for hydroxylation is 1. The number of nitrogens with zero attached hydrogens (tertiary/aromatic N) is 1. The average molecular weight is 218 g/mol. The van der Waals surface area contributed by atoms with Crippen LogP contribution in [0.15, 0.2) is 24.4 Å². The zero-order chi connectivity index (χ0) is 11.7. The highest BCUT2D eigenvalue weighted by Crippen LogP contribution is 2.28. The highest BCUT2D eigenvalue weighted by atomic mass is 16.5. The lowest BCUT2D eigenvalue weighted by molar-refractivity contribution is 0.415. The molecule has 0 fully saturated rings. The van der Waals surface area contributed by atoms with Gasteiger partial charge in [-0.3, -0.25) is 0 Å². The van der Waals surface area contributed by atoms with E-state index >= 15 is 0 Å². The summed E-state index contributed by atoms with van der Waals surface area (Å²) in [5.74, 6) is 0.900. The number of methoxy groups -OCH3 is 1. The molecular weight excluding hydrogens is 200 g/mol. The van der Waals surface area contributed by atoms with Crippen molar-refractivity contribution in [2.24, 2.45) is 7.05 Å². The van der Waals surface area contributed by atoms with E-state index in [0.29, 0.717) is 6.04 Å². The molecule has 3 heteroatoms. The van der Waals surface area contributed by atoms with Crippen LogP contribution in [0.4, 0.5) is 0 Å². The fraction of sp³-hybridized carbons (Fsp3) is 0.385. The van der Waals surface area contributed by atoms with Crippen molar-refractivity contribution in [3.05, 3.63) is 30.0 Å². The molecule has 0 amide bonds. The van der Waals surface area contributed by atoms with Crippen molar-refractivity contribution in [2.45, 2.75) is 13.0 Å². The second-order valence-corrected chi connectivity index (χ2v) is 4.09. The molecule has 1 aromatic carbocycles. The van der Waals surface area contributed by atoms with Gasteiger partial charge in [-0.2, -0.15) is 0 Å². The van der Waals surface area contributed by atoms with Crippen molar-refractivity contribution in [1.82, 2.24) is 9.88 Å². The molecule has 3 nitrogen and oxygen atoms in total. The van der Waals surface area contributed by atoms with Crippen LogP contribution >= 0.6 is 0 Å². The van der Waals surface area contributed by atoms with E-state index in [1.165, 1.54) is 16.5 Å². The summed E-state index contributed by atoms with van der Waals surface area (Å²) < 4.78 is 7.38. The molecule has 0 aliphatic heterocycles. The molecule has 1 unspecified atom stereocenters. The minimum absolute atomic E-state index is 0.358. The third kappa shape index (κ3) is 1.67. The molecule has 0 saturated carbocycles. The Labute approximate surface area is 96.0 Å². The molecular formula is C13H18N2O. The molecule has 2 aromatic rings. The lowest BCUT2D eigenvalue weighted by Crippen LogP contribution is -2.11. The molecule has 86 valence electrons. The fourth-order valence-electron chi connectivity index (χ4n) is 2.02. The summed E-state index contributed by atoms with van der Waals surface area (Å²) in [7, 11) is 5.74. The highest BCUT2D eigenvalue weighted by molar-refractivity contribution is 5.85. The first-order chi connectivity index (χ1) is 7.67. The fourth-order valence-corrected chi connectivity index (χ4v) is 2.02. The largest absolute Gasteiger partial charge is 0.497 e. The Hall–Kier alpha value is -1.48. The number of hydrogen-bond acceptors (Lipinski definition) is 2. The molecule has 0 aliphatic rings. The molecule has 0 bridgehead atoms. The summed E-state index contributed by atoms with van der Waals surface area (Å²) in [5, 5.41) is 4.55. The maximum atomic E-state index is 5.24. The SMILES string of the molecule is CNC(C)c1cn(C)c2cc(OC)ccc12.